The minimum atomic E-state index is 0.224. The molecule has 21 heavy (non-hydrogen) atoms. The summed E-state index contributed by atoms with van der Waals surface area (Å²) in [5.74, 6) is 1.55. The Hall–Kier alpha value is -1.44. The summed E-state index contributed by atoms with van der Waals surface area (Å²) >= 11 is 1.68. The van der Waals surface area contributed by atoms with Gasteiger partial charge in [0.1, 0.15) is 5.04 Å². The highest BCUT2D eigenvalue weighted by Crippen LogP contribution is 2.20. The van der Waals surface area contributed by atoms with Gasteiger partial charge in [-0.25, -0.2) is 0 Å². The Bertz CT molecular complexity index is 487. The monoisotopic (exact) mass is 303 g/mol. The van der Waals surface area contributed by atoms with Gasteiger partial charge in [0.2, 0.25) is 0 Å². The highest BCUT2D eigenvalue weighted by Gasteiger charge is 2.10. The first-order valence-electron chi connectivity index (χ1n) is 7.45. The molecule has 0 bridgehead atoms. The first-order valence-corrected chi connectivity index (χ1v) is 8.43. The molecule has 0 spiro atoms. The zero-order valence-corrected chi connectivity index (χ0v) is 14.1. The number of ether oxygens (including phenoxy) is 1. The van der Waals surface area contributed by atoms with Crippen molar-refractivity contribution in [3.63, 3.8) is 0 Å². The predicted molar refractivity (Wildman–Crippen MR) is 93.8 cm³/mol. The van der Waals surface area contributed by atoms with Crippen LogP contribution in [0.15, 0.2) is 53.4 Å². The van der Waals surface area contributed by atoms with E-state index in [-0.39, 0.29) is 6.04 Å². The van der Waals surface area contributed by atoms with Crippen molar-refractivity contribution in [2.24, 2.45) is 4.99 Å². The van der Waals surface area contributed by atoms with E-state index in [1.165, 1.54) is 5.56 Å². The largest absolute Gasteiger partial charge is 0.484 e. The molecule has 0 unspecified atom stereocenters. The zero-order valence-electron chi connectivity index (χ0n) is 13.3. The molecule has 1 aromatic rings. The smallest absolute Gasteiger partial charge is 0.193 e. The van der Waals surface area contributed by atoms with Gasteiger partial charge in [-0.1, -0.05) is 67.7 Å². The van der Waals surface area contributed by atoms with Crippen LogP contribution in [0.5, 0.6) is 0 Å². The van der Waals surface area contributed by atoms with Crippen LogP contribution in [-0.2, 0) is 10.5 Å². The number of benzene rings is 1. The predicted octanol–water partition coefficient (Wildman–Crippen LogP) is 5.21. The van der Waals surface area contributed by atoms with E-state index in [1.807, 2.05) is 6.07 Å². The third-order valence-electron chi connectivity index (χ3n) is 2.69. The van der Waals surface area contributed by atoms with Crippen LogP contribution in [0, 0.1) is 0 Å². The van der Waals surface area contributed by atoms with Gasteiger partial charge in [-0.05, 0) is 25.8 Å². The number of hydrogen-bond acceptors (Lipinski definition) is 3. The molecule has 1 aromatic carbocycles. The second-order valence-electron chi connectivity index (χ2n) is 5.01. The van der Waals surface area contributed by atoms with Gasteiger partial charge in [0, 0.05) is 11.8 Å². The minimum Gasteiger partial charge on any atom is -0.484 e. The molecule has 0 atom stereocenters. The minimum absolute atomic E-state index is 0.224. The molecular formula is C18H25NOS. The van der Waals surface area contributed by atoms with Crippen LogP contribution < -0.4 is 0 Å². The highest BCUT2D eigenvalue weighted by atomic mass is 32.2. The summed E-state index contributed by atoms with van der Waals surface area (Å²) in [7, 11) is 0. The van der Waals surface area contributed by atoms with Gasteiger partial charge < -0.3 is 4.74 Å². The Balaban J connectivity index is 2.73. The summed E-state index contributed by atoms with van der Waals surface area (Å²) in [5.41, 5.74) is 4.17. The average Bonchev–Trinajstić information content (AvgIpc) is 2.49. The van der Waals surface area contributed by atoms with Crippen molar-refractivity contribution >= 4 is 16.8 Å². The third-order valence-corrected chi connectivity index (χ3v) is 3.73. The fourth-order valence-corrected chi connectivity index (χ4v) is 2.67. The first-order chi connectivity index (χ1) is 10.2. The van der Waals surface area contributed by atoms with Crippen LogP contribution in [0.3, 0.4) is 0 Å². The van der Waals surface area contributed by atoms with Gasteiger partial charge in [0.15, 0.2) is 5.76 Å². The van der Waals surface area contributed by atoms with E-state index in [4.69, 9.17) is 4.74 Å². The molecule has 0 aliphatic heterocycles. The van der Waals surface area contributed by atoms with E-state index in [0.717, 1.165) is 23.6 Å². The molecule has 0 amide bonds. The molecule has 0 fully saturated rings. The topological polar surface area (TPSA) is 21.6 Å². The Morgan fingerprint density at radius 2 is 2.05 bits per heavy atom. The molecule has 114 valence electrons. The normalized spacial score (nSPS) is 11.3. The quantitative estimate of drug-likeness (QED) is 0.216. The van der Waals surface area contributed by atoms with Crippen molar-refractivity contribution in [2.45, 2.75) is 45.4 Å². The second-order valence-corrected chi connectivity index (χ2v) is 5.97. The van der Waals surface area contributed by atoms with Crippen LogP contribution in [0.4, 0.5) is 0 Å². The number of hydrogen-bond donors (Lipinski definition) is 0. The number of nitrogens with zero attached hydrogens (tertiary/aromatic N) is 1. The molecule has 2 nitrogen and oxygen atoms in total. The zero-order chi connectivity index (χ0) is 15.5. The van der Waals surface area contributed by atoms with Gasteiger partial charge in [-0.3, -0.25) is 4.99 Å². The van der Waals surface area contributed by atoms with Crippen molar-refractivity contribution in [3.05, 3.63) is 54.0 Å². The fraction of sp³-hybridized carbons (Fsp3) is 0.444. The lowest BCUT2D eigenvalue weighted by Crippen LogP contribution is -2.07. The average molecular weight is 303 g/mol. The van der Waals surface area contributed by atoms with Gasteiger partial charge in [-0.2, -0.15) is 0 Å². The summed E-state index contributed by atoms with van der Waals surface area (Å²) in [6.07, 6.45) is 2.14. The van der Waals surface area contributed by atoms with Crippen LogP contribution in [-0.4, -0.2) is 17.7 Å². The van der Waals surface area contributed by atoms with E-state index in [2.05, 4.69) is 62.3 Å². The summed E-state index contributed by atoms with van der Waals surface area (Å²) in [4.78, 5) is 4.66. The van der Waals surface area contributed by atoms with E-state index in [1.54, 1.807) is 11.8 Å². The molecule has 0 aliphatic rings. The summed E-state index contributed by atoms with van der Waals surface area (Å²) in [5, 5.41) is 0.889. The maximum absolute atomic E-state index is 5.77. The molecule has 0 saturated heterocycles. The molecule has 0 heterocycles. The van der Waals surface area contributed by atoms with Crippen LogP contribution in [0.2, 0.25) is 0 Å². The second kappa shape index (κ2) is 10.3. The Kier molecular flexibility index (Phi) is 8.65. The SMILES string of the molecule is C=C=C(OCCCC)C(=NC(C)C)SCc1ccccc1. The first kappa shape index (κ1) is 17.6. The summed E-state index contributed by atoms with van der Waals surface area (Å²) < 4.78 is 5.77. The van der Waals surface area contributed by atoms with Gasteiger partial charge in [0.25, 0.3) is 0 Å². The fourth-order valence-electron chi connectivity index (χ4n) is 1.63. The lowest BCUT2D eigenvalue weighted by atomic mass is 10.2. The number of thioether (sulfide) groups is 1. The molecule has 0 radical (unpaired) electrons. The maximum atomic E-state index is 5.77. The molecule has 0 aromatic heterocycles. The molecule has 3 heteroatoms. The van der Waals surface area contributed by atoms with E-state index < -0.39 is 0 Å². The summed E-state index contributed by atoms with van der Waals surface area (Å²) in [6, 6.07) is 10.6. The third kappa shape index (κ3) is 7.22. The van der Waals surface area contributed by atoms with Crippen molar-refractivity contribution in [1.82, 2.24) is 0 Å². The number of rotatable bonds is 8. The van der Waals surface area contributed by atoms with Crippen molar-refractivity contribution in [3.8, 4) is 0 Å². The maximum Gasteiger partial charge on any atom is 0.193 e. The lowest BCUT2D eigenvalue weighted by molar-refractivity contribution is 0.227. The molecule has 1 rings (SSSR count). The van der Waals surface area contributed by atoms with E-state index >= 15 is 0 Å². The molecule has 0 saturated carbocycles. The Morgan fingerprint density at radius 3 is 2.62 bits per heavy atom. The van der Waals surface area contributed by atoms with Crippen LogP contribution in [0.1, 0.15) is 39.2 Å². The van der Waals surface area contributed by atoms with Gasteiger partial charge >= 0.3 is 0 Å². The van der Waals surface area contributed by atoms with E-state index in [9.17, 15) is 0 Å². The van der Waals surface area contributed by atoms with E-state index in [0.29, 0.717) is 12.4 Å². The number of aliphatic imine (C=N–C) groups is 1. The number of unbranched alkanes of at least 4 members (excludes halogenated alkanes) is 1. The van der Waals surface area contributed by atoms with Crippen LogP contribution >= 0.6 is 11.8 Å². The Morgan fingerprint density at radius 1 is 1.33 bits per heavy atom. The molecule has 0 aliphatic carbocycles. The van der Waals surface area contributed by atoms with Crippen LogP contribution in [0.25, 0.3) is 0 Å². The van der Waals surface area contributed by atoms with Crippen molar-refractivity contribution in [2.75, 3.05) is 6.61 Å². The Labute approximate surface area is 133 Å². The van der Waals surface area contributed by atoms with Crippen molar-refractivity contribution in [1.29, 1.82) is 0 Å². The summed E-state index contributed by atoms with van der Waals surface area (Å²) in [6.45, 7) is 10.7. The van der Waals surface area contributed by atoms with Crippen molar-refractivity contribution < 1.29 is 4.74 Å². The molecule has 0 N–H and O–H groups in total. The standard InChI is InChI=1S/C18H25NOS/c1-5-7-13-20-17(6-2)18(19-15(3)4)21-14-16-11-9-8-10-12-16/h8-12,15H,2,5,7,13-14H2,1,3-4H3. The van der Waals surface area contributed by atoms with Gasteiger partial charge in [-0.15, -0.1) is 0 Å². The lowest BCUT2D eigenvalue weighted by Gasteiger charge is -2.12. The highest BCUT2D eigenvalue weighted by molar-refractivity contribution is 8.13. The van der Waals surface area contributed by atoms with Gasteiger partial charge in [0.05, 0.1) is 6.61 Å². The molecular weight excluding hydrogens is 278 g/mol.